The third kappa shape index (κ3) is 9.44. The fraction of sp³-hybridized carbons (Fsp3) is 0.625. The van der Waals surface area contributed by atoms with Crippen LogP contribution in [-0.4, -0.2) is 67.3 Å². The number of piperazine rings is 1. The van der Waals surface area contributed by atoms with Crippen LogP contribution < -0.4 is 10.6 Å². The van der Waals surface area contributed by atoms with E-state index in [1.54, 1.807) is 4.31 Å². The van der Waals surface area contributed by atoms with Gasteiger partial charge in [0.2, 0.25) is 15.9 Å². The highest BCUT2D eigenvalue weighted by atomic mass is 35.5. The van der Waals surface area contributed by atoms with Crippen molar-refractivity contribution in [1.29, 1.82) is 0 Å². The Balaban J connectivity index is 1.46. The van der Waals surface area contributed by atoms with E-state index in [4.69, 9.17) is 16.3 Å². The average molecular weight is 637 g/mol. The van der Waals surface area contributed by atoms with Crippen molar-refractivity contribution in [3.8, 4) is 0 Å². The normalized spacial score (nSPS) is 22.4. The molecule has 1 aromatic heterocycles. The van der Waals surface area contributed by atoms with Gasteiger partial charge in [0.1, 0.15) is 5.82 Å². The van der Waals surface area contributed by atoms with Gasteiger partial charge in [0, 0.05) is 42.7 Å². The average Bonchev–Trinajstić information content (AvgIpc) is 2.96. The Bertz CT molecular complexity index is 1300. The number of amides is 1. The third-order valence-electron chi connectivity index (χ3n) is 8.58. The molecular formula is C32H46ClFN4O4S. The summed E-state index contributed by atoms with van der Waals surface area (Å²) >= 11 is 6.17. The zero-order chi connectivity index (χ0) is 31.0. The van der Waals surface area contributed by atoms with Gasteiger partial charge in [0.25, 0.3) is 0 Å². The molecule has 1 saturated carbocycles. The molecule has 1 aliphatic heterocycles. The number of hydrogen-bond acceptors (Lipinski definition) is 6. The fourth-order valence-electron chi connectivity index (χ4n) is 6.54. The zero-order valence-electron chi connectivity index (χ0n) is 25.5. The Kier molecular flexibility index (Phi) is 12.4. The minimum atomic E-state index is -3.39. The van der Waals surface area contributed by atoms with Gasteiger partial charge in [-0.3, -0.25) is 9.78 Å². The molecule has 1 aromatic carbocycles. The molecule has 2 N–H and O–H groups in total. The van der Waals surface area contributed by atoms with Crippen LogP contribution in [0.3, 0.4) is 0 Å². The monoisotopic (exact) mass is 636 g/mol. The van der Waals surface area contributed by atoms with Gasteiger partial charge < -0.3 is 15.4 Å². The predicted octanol–water partition coefficient (Wildman–Crippen LogP) is 5.92. The van der Waals surface area contributed by atoms with E-state index in [9.17, 15) is 13.2 Å². The fourth-order valence-corrected chi connectivity index (χ4v) is 8.42. The summed E-state index contributed by atoms with van der Waals surface area (Å²) in [7, 11) is -3.39. The van der Waals surface area contributed by atoms with Crippen molar-refractivity contribution in [2.24, 2.45) is 5.92 Å². The summed E-state index contributed by atoms with van der Waals surface area (Å²) in [5, 5.41) is 6.85. The lowest BCUT2D eigenvalue weighted by Crippen LogP contribution is -2.54. The van der Waals surface area contributed by atoms with Crippen molar-refractivity contribution in [3.63, 3.8) is 0 Å². The molecule has 0 radical (unpaired) electrons. The zero-order valence-corrected chi connectivity index (χ0v) is 27.1. The highest BCUT2D eigenvalue weighted by Crippen LogP contribution is 2.40. The minimum absolute atomic E-state index is 0.0205. The van der Waals surface area contributed by atoms with E-state index in [1.807, 2.05) is 31.2 Å². The maximum atomic E-state index is 15.1. The number of carbonyl (C=O) groups excluding carboxylic acids is 1. The summed E-state index contributed by atoms with van der Waals surface area (Å²) in [5.41, 5.74) is 1.74. The van der Waals surface area contributed by atoms with E-state index in [0.29, 0.717) is 54.7 Å². The van der Waals surface area contributed by atoms with Crippen LogP contribution in [0.5, 0.6) is 0 Å². The molecule has 2 fully saturated rings. The lowest BCUT2D eigenvalue weighted by Gasteiger charge is -2.35. The van der Waals surface area contributed by atoms with Crippen molar-refractivity contribution in [2.75, 3.05) is 30.7 Å². The number of ether oxygens (including phenoxy) is 1. The van der Waals surface area contributed by atoms with Crippen molar-refractivity contribution in [1.82, 2.24) is 14.6 Å². The van der Waals surface area contributed by atoms with Crippen molar-refractivity contribution < 1.29 is 22.3 Å². The summed E-state index contributed by atoms with van der Waals surface area (Å²) < 4.78 is 48.4. The Labute approximate surface area is 261 Å². The van der Waals surface area contributed by atoms with E-state index >= 15 is 4.39 Å². The molecule has 11 heteroatoms. The molecule has 2 atom stereocenters. The number of anilines is 1. The molecule has 2 aliphatic rings. The number of aromatic nitrogens is 1. The van der Waals surface area contributed by atoms with Crippen LogP contribution in [0, 0.1) is 11.7 Å². The molecule has 2 aromatic rings. The summed E-state index contributed by atoms with van der Waals surface area (Å²) in [6, 6.07) is 7.40. The van der Waals surface area contributed by atoms with Gasteiger partial charge in [-0.2, -0.15) is 4.31 Å². The standard InChI is InChI=1S/C32H46ClFN4O4S/c1-4-17-43(40,41)38-16-15-35-19-26(38)11-14-28-30(34)20-36-21-31(28)37-32(39)18-29(23-5-9-25(33)10-6-23)24-7-12-27(13-8-24)42-22(2)3/h5-6,9-10,20-22,24,26-27,29,35H,4,7-8,11-19H2,1-3H3,(H,37,39)/t24-,26-,27-,29-/m0/s1. The van der Waals surface area contributed by atoms with Crippen molar-refractivity contribution in [2.45, 2.75) is 96.3 Å². The maximum absolute atomic E-state index is 15.1. The number of benzene rings is 1. The van der Waals surface area contributed by atoms with E-state index in [0.717, 1.165) is 37.4 Å². The van der Waals surface area contributed by atoms with Crippen LogP contribution in [0.4, 0.5) is 10.1 Å². The summed E-state index contributed by atoms with van der Waals surface area (Å²) in [6.45, 7) is 7.45. The van der Waals surface area contributed by atoms with Gasteiger partial charge in [0.15, 0.2) is 0 Å². The number of sulfonamides is 1. The van der Waals surface area contributed by atoms with Crippen LogP contribution >= 0.6 is 11.6 Å². The lowest BCUT2D eigenvalue weighted by atomic mass is 9.74. The summed E-state index contributed by atoms with van der Waals surface area (Å²) in [5.74, 6) is -0.343. The largest absolute Gasteiger partial charge is 0.376 e. The maximum Gasteiger partial charge on any atom is 0.225 e. The summed E-state index contributed by atoms with van der Waals surface area (Å²) in [6.07, 6.45) is 8.35. The Hall–Kier alpha value is -2.11. The molecule has 0 bridgehead atoms. The SMILES string of the molecule is CCCS(=O)(=O)N1CCNC[C@@H]1CCc1c(F)cncc1NC(=O)C[C@@H](c1ccc(Cl)cc1)[C@H]1CC[C@H](OC(C)C)CC1. The van der Waals surface area contributed by atoms with E-state index in [-0.39, 0.29) is 48.7 Å². The first-order valence-corrected chi connectivity index (χ1v) is 17.6. The van der Waals surface area contributed by atoms with E-state index < -0.39 is 15.8 Å². The number of nitrogens with zero attached hydrogens (tertiary/aromatic N) is 2. The van der Waals surface area contributed by atoms with Crippen LogP contribution in [0.2, 0.25) is 5.02 Å². The number of hydrogen-bond donors (Lipinski definition) is 2. The van der Waals surface area contributed by atoms with E-state index in [1.165, 1.54) is 6.20 Å². The molecule has 238 valence electrons. The molecule has 8 nitrogen and oxygen atoms in total. The molecule has 4 rings (SSSR count). The lowest BCUT2D eigenvalue weighted by molar-refractivity contribution is -0.117. The van der Waals surface area contributed by atoms with Gasteiger partial charge in [-0.05, 0) is 88.3 Å². The first-order valence-electron chi connectivity index (χ1n) is 15.6. The Morgan fingerprint density at radius 3 is 2.58 bits per heavy atom. The van der Waals surface area contributed by atoms with Gasteiger partial charge in [-0.15, -0.1) is 0 Å². The van der Waals surface area contributed by atoms with Crippen LogP contribution in [0.25, 0.3) is 0 Å². The Morgan fingerprint density at radius 2 is 1.91 bits per heavy atom. The quantitative estimate of drug-likeness (QED) is 0.283. The topological polar surface area (TPSA) is 101 Å². The Morgan fingerprint density at radius 1 is 1.19 bits per heavy atom. The number of halogens is 2. The molecule has 0 unspecified atom stereocenters. The van der Waals surface area contributed by atoms with Gasteiger partial charge >= 0.3 is 0 Å². The van der Waals surface area contributed by atoms with Gasteiger partial charge in [0.05, 0.1) is 36.0 Å². The van der Waals surface area contributed by atoms with Crippen molar-refractivity contribution in [3.05, 3.63) is 58.6 Å². The second kappa shape index (κ2) is 15.8. The second-order valence-corrected chi connectivity index (χ2v) is 14.6. The van der Waals surface area contributed by atoms with Crippen LogP contribution in [0.15, 0.2) is 36.7 Å². The second-order valence-electron chi connectivity index (χ2n) is 12.1. The van der Waals surface area contributed by atoms with Crippen LogP contribution in [-0.2, 0) is 26.0 Å². The molecule has 0 spiro atoms. The summed E-state index contributed by atoms with van der Waals surface area (Å²) in [4.78, 5) is 17.5. The van der Waals surface area contributed by atoms with Gasteiger partial charge in [-0.1, -0.05) is 30.7 Å². The van der Waals surface area contributed by atoms with Crippen LogP contribution in [0.1, 0.15) is 82.8 Å². The highest BCUT2D eigenvalue weighted by Gasteiger charge is 2.33. The van der Waals surface area contributed by atoms with E-state index in [2.05, 4.69) is 29.5 Å². The molecule has 43 heavy (non-hydrogen) atoms. The smallest absolute Gasteiger partial charge is 0.225 e. The highest BCUT2D eigenvalue weighted by molar-refractivity contribution is 7.89. The molecular weight excluding hydrogens is 591 g/mol. The molecule has 1 aliphatic carbocycles. The number of nitrogens with one attached hydrogen (secondary N) is 2. The molecule has 2 heterocycles. The minimum Gasteiger partial charge on any atom is -0.376 e. The molecule has 1 amide bonds. The van der Waals surface area contributed by atoms with Gasteiger partial charge in [-0.25, -0.2) is 12.8 Å². The van der Waals surface area contributed by atoms with Crippen molar-refractivity contribution >= 4 is 33.2 Å². The molecule has 1 saturated heterocycles. The first-order chi connectivity index (χ1) is 20.6. The number of pyridine rings is 1. The third-order valence-corrected chi connectivity index (χ3v) is 10.9. The predicted molar refractivity (Wildman–Crippen MR) is 169 cm³/mol. The number of carbonyl (C=O) groups is 1. The number of rotatable bonds is 13. The first kappa shape index (κ1) is 33.8.